The number of carbonyl (C=O) groups excluding carboxylic acids is 1. The summed E-state index contributed by atoms with van der Waals surface area (Å²) in [6.07, 6.45) is 2.72. The standard InChI is InChI=1S/C21H23NO4/c1-22(2)11-4-12-25-16-7-5-15(6-8-16)13-20-21(23)18-10-9-17(24-3)14-19(18)26-20/h5-10,13-14H,4,11-12H2,1-3H3/b20-13-. The maximum Gasteiger partial charge on any atom is 0.231 e. The molecule has 5 heteroatoms. The maximum atomic E-state index is 12.4. The van der Waals surface area contributed by atoms with Gasteiger partial charge in [-0.2, -0.15) is 0 Å². The van der Waals surface area contributed by atoms with Gasteiger partial charge in [0.25, 0.3) is 0 Å². The Balaban J connectivity index is 1.64. The highest BCUT2D eigenvalue weighted by Gasteiger charge is 2.27. The summed E-state index contributed by atoms with van der Waals surface area (Å²) in [5, 5.41) is 0. The summed E-state index contributed by atoms with van der Waals surface area (Å²) >= 11 is 0. The van der Waals surface area contributed by atoms with Crippen LogP contribution < -0.4 is 14.2 Å². The second-order valence-electron chi connectivity index (χ2n) is 6.38. The molecule has 0 aromatic heterocycles. The molecule has 0 bridgehead atoms. The van der Waals surface area contributed by atoms with Gasteiger partial charge in [-0.3, -0.25) is 4.79 Å². The van der Waals surface area contributed by atoms with Crippen molar-refractivity contribution in [2.75, 3.05) is 34.4 Å². The van der Waals surface area contributed by atoms with Gasteiger partial charge in [-0.05, 0) is 56.4 Å². The number of hydrogen-bond acceptors (Lipinski definition) is 5. The van der Waals surface area contributed by atoms with Crippen LogP contribution in [0.25, 0.3) is 6.08 Å². The molecule has 0 unspecified atom stereocenters. The van der Waals surface area contributed by atoms with Crippen LogP contribution >= 0.6 is 0 Å². The number of allylic oxidation sites excluding steroid dienone is 1. The van der Waals surface area contributed by atoms with Crippen molar-refractivity contribution < 1.29 is 19.0 Å². The van der Waals surface area contributed by atoms with Crippen LogP contribution in [0.5, 0.6) is 17.2 Å². The van der Waals surface area contributed by atoms with E-state index in [9.17, 15) is 4.79 Å². The van der Waals surface area contributed by atoms with Crippen molar-refractivity contribution in [3.8, 4) is 17.2 Å². The van der Waals surface area contributed by atoms with Gasteiger partial charge in [0.1, 0.15) is 17.2 Å². The third kappa shape index (κ3) is 4.24. The molecule has 0 spiro atoms. The van der Waals surface area contributed by atoms with Gasteiger partial charge in [0.2, 0.25) is 5.78 Å². The zero-order valence-electron chi connectivity index (χ0n) is 15.3. The van der Waals surface area contributed by atoms with E-state index in [1.54, 1.807) is 31.4 Å². The molecule has 26 heavy (non-hydrogen) atoms. The van der Waals surface area contributed by atoms with Gasteiger partial charge in [-0.1, -0.05) is 12.1 Å². The van der Waals surface area contributed by atoms with Gasteiger partial charge in [0.15, 0.2) is 5.76 Å². The Morgan fingerprint density at radius 3 is 2.50 bits per heavy atom. The molecule has 3 rings (SSSR count). The molecule has 1 aliphatic heterocycles. The van der Waals surface area contributed by atoms with E-state index >= 15 is 0 Å². The molecule has 0 aliphatic carbocycles. The van der Waals surface area contributed by atoms with Gasteiger partial charge in [0, 0.05) is 12.6 Å². The van der Waals surface area contributed by atoms with Crippen LogP contribution in [0.4, 0.5) is 0 Å². The van der Waals surface area contributed by atoms with Crippen LogP contribution in [0.15, 0.2) is 48.2 Å². The van der Waals surface area contributed by atoms with Crippen molar-refractivity contribution in [3.63, 3.8) is 0 Å². The molecule has 2 aromatic carbocycles. The smallest absolute Gasteiger partial charge is 0.231 e. The van der Waals surface area contributed by atoms with Gasteiger partial charge < -0.3 is 19.1 Å². The second-order valence-corrected chi connectivity index (χ2v) is 6.38. The lowest BCUT2D eigenvalue weighted by Gasteiger charge is -2.10. The zero-order chi connectivity index (χ0) is 18.5. The maximum absolute atomic E-state index is 12.4. The minimum Gasteiger partial charge on any atom is -0.497 e. The molecule has 0 saturated heterocycles. The van der Waals surface area contributed by atoms with Crippen molar-refractivity contribution >= 4 is 11.9 Å². The van der Waals surface area contributed by atoms with E-state index < -0.39 is 0 Å². The van der Waals surface area contributed by atoms with Crippen LogP contribution in [0.2, 0.25) is 0 Å². The fourth-order valence-electron chi connectivity index (χ4n) is 2.68. The Kier molecular flexibility index (Phi) is 5.58. The SMILES string of the molecule is COc1ccc2c(c1)O/C(=C\c1ccc(OCCCN(C)C)cc1)C2=O. The summed E-state index contributed by atoms with van der Waals surface area (Å²) in [6.45, 7) is 1.67. The lowest BCUT2D eigenvalue weighted by atomic mass is 10.1. The first-order valence-corrected chi connectivity index (χ1v) is 8.56. The Labute approximate surface area is 153 Å². The average molecular weight is 353 g/mol. The Hall–Kier alpha value is -2.79. The Morgan fingerprint density at radius 1 is 1.08 bits per heavy atom. The summed E-state index contributed by atoms with van der Waals surface area (Å²) in [5.41, 5.74) is 1.44. The van der Waals surface area contributed by atoms with Crippen molar-refractivity contribution in [1.82, 2.24) is 4.90 Å². The highest BCUT2D eigenvalue weighted by molar-refractivity contribution is 6.14. The minimum absolute atomic E-state index is 0.119. The minimum atomic E-state index is -0.119. The first-order valence-electron chi connectivity index (χ1n) is 8.56. The van der Waals surface area contributed by atoms with E-state index in [-0.39, 0.29) is 5.78 Å². The third-order valence-electron chi connectivity index (χ3n) is 4.07. The molecule has 0 saturated carbocycles. The highest BCUT2D eigenvalue weighted by atomic mass is 16.5. The number of hydrogen-bond donors (Lipinski definition) is 0. The largest absolute Gasteiger partial charge is 0.497 e. The number of ketones is 1. The summed E-state index contributed by atoms with van der Waals surface area (Å²) in [7, 11) is 5.67. The van der Waals surface area contributed by atoms with E-state index in [1.165, 1.54) is 0 Å². The number of methoxy groups -OCH3 is 1. The first kappa shape index (κ1) is 18.0. The molecule has 0 N–H and O–H groups in total. The van der Waals surface area contributed by atoms with E-state index in [0.29, 0.717) is 29.4 Å². The van der Waals surface area contributed by atoms with Gasteiger partial charge in [0.05, 0.1) is 19.3 Å². The van der Waals surface area contributed by atoms with Crippen LogP contribution in [0.1, 0.15) is 22.3 Å². The molecule has 0 atom stereocenters. The van der Waals surface area contributed by atoms with Crippen LogP contribution in [0.3, 0.4) is 0 Å². The monoisotopic (exact) mass is 353 g/mol. The summed E-state index contributed by atoms with van der Waals surface area (Å²) in [6, 6.07) is 12.8. The number of carbonyl (C=O) groups is 1. The molecular weight excluding hydrogens is 330 g/mol. The lowest BCUT2D eigenvalue weighted by molar-refractivity contribution is 0.101. The topological polar surface area (TPSA) is 48.0 Å². The van der Waals surface area contributed by atoms with Crippen molar-refractivity contribution in [2.24, 2.45) is 0 Å². The van der Waals surface area contributed by atoms with Crippen molar-refractivity contribution in [3.05, 3.63) is 59.4 Å². The molecule has 136 valence electrons. The zero-order valence-corrected chi connectivity index (χ0v) is 15.3. The van der Waals surface area contributed by atoms with Gasteiger partial charge in [-0.15, -0.1) is 0 Å². The number of rotatable bonds is 7. The third-order valence-corrected chi connectivity index (χ3v) is 4.07. The molecular formula is C21H23NO4. The molecule has 1 aliphatic rings. The lowest BCUT2D eigenvalue weighted by Crippen LogP contribution is -2.15. The van der Waals surface area contributed by atoms with Gasteiger partial charge >= 0.3 is 0 Å². The predicted octanol–water partition coefficient (Wildman–Crippen LogP) is 3.64. The van der Waals surface area contributed by atoms with Crippen molar-refractivity contribution in [1.29, 1.82) is 0 Å². The number of ether oxygens (including phenoxy) is 3. The number of fused-ring (bicyclic) bond motifs is 1. The quantitative estimate of drug-likeness (QED) is 0.562. The molecule has 0 amide bonds. The van der Waals surface area contributed by atoms with E-state index in [0.717, 1.165) is 24.3 Å². The number of nitrogens with zero attached hydrogens (tertiary/aromatic N) is 1. The molecule has 0 fully saturated rings. The summed E-state index contributed by atoms with van der Waals surface area (Å²) in [4.78, 5) is 14.6. The average Bonchev–Trinajstić information content (AvgIpc) is 2.95. The van der Waals surface area contributed by atoms with Crippen LogP contribution in [-0.4, -0.2) is 45.0 Å². The van der Waals surface area contributed by atoms with E-state index in [2.05, 4.69) is 4.90 Å². The Bertz CT molecular complexity index is 809. The molecule has 2 aromatic rings. The fraction of sp³-hybridized carbons (Fsp3) is 0.286. The van der Waals surface area contributed by atoms with Crippen molar-refractivity contribution in [2.45, 2.75) is 6.42 Å². The molecule has 0 radical (unpaired) electrons. The molecule has 1 heterocycles. The highest BCUT2D eigenvalue weighted by Crippen LogP contribution is 2.34. The predicted molar refractivity (Wildman–Crippen MR) is 101 cm³/mol. The fourth-order valence-corrected chi connectivity index (χ4v) is 2.68. The second kappa shape index (κ2) is 8.06. The van der Waals surface area contributed by atoms with Crippen LogP contribution in [-0.2, 0) is 0 Å². The van der Waals surface area contributed by atoms with Gasteiger partial charge in [-0.25, -0.2) is 0 Å². The van der Waals surface area contributed by atoms with E-state index in [4.69, 9.17) is 14.2 Å². The normalized spacial score (nSPS) is 14.5. The summed E-state index contributed by atoms with van der Waals surface area (Å²) in [5.74, 6) is 2.20. The Morgan fingerprint density at radius 2 is 1.81 bits per heavy atom. The first-order chi connectivity index (χ1) is 12.6. The summed E-state index contributed by atoms with van der Waals surface area (Å²) < 4.78 is 16.6. The molecule has 5 nitrogen and oxygen atoms in total. The number of benzene rings is 2. The number of Topliss-reactive ketones (excluding diaryl/α,β-unsaturated/α-hetero) is 1. The van der Waals surface area contributed by atoms with Crippen LogP contribution in [0, 0.1) is 0 Å². The van der Waals surface area contributed by atoms with E-state index in [1.807, 2.05) is 38.4 Å².